The Morgan fingerprint density at radius 3 is 1.24 bits per heavy atom. The fourth-order valence-corrected chi connectivity index (χ4v) is 10.6. The number of amides is 16. The third kappa shape index (κ3) is 33.2. The molecule has 1 saturated heterocycles. The molecule has 22 N–H and O–H groups in total. The number of carbonyl (C=O) groups excluding carboxylic acids is 16. The molecule has 0 saturated carbocycles. The minimum Gasteiger partial charge on any atom is -0.508 e. The molecular weight excluding hydrogens is 1490 g/mol. The first-order valence-corrected chi connectivity index (χ1v) is 36.3. The Morgan fingerprint density at radius 1 is 0.430 bits per heavy atom. The highest BCUT2D eigenvalue weighted by Gasteiger charge is 2.37. The van der Waals surface area contributed by atoms with Crippen molar-refractivity contribution >= 4 is 157 Å². The van der Waals surface area contributed by atoms with E-state index in [-0.39, 0.29) is 35.8 Å². The van der Waals surface area contributed by atoms with Gasteiger partial charge in [0.2, 0.25) is 94.5 Å². The van der Waals surface area contributed by atoms with Crippen LogP contribution in [0.15, 0.2) is 24.3 Å². The summed E-state index contributed by atoms with van der Waals surface area (Å²) in [6.07, 6.45) is -3.05. The number of thiol groups is 4. The average molecular weight is 1590 g/mol. The maximum absolute atomic E-state index is 13.9. The molecule has 16 amide bonds. The lowest BCUT2D eigenvalue weighted by atomic mass is 9.97. The molecule has 107 heavy (non-hydrogen) atoms. The largest absolute Gasteiger partial charge is 0.508 e. The number of hydrogen-bond donors (Lipinski definition) is 26. The summed E-state index contributed by atoms with van der Waals surface area (Å²) >= 11 is 16.2. The number of rotatable bonds is 46. The molecule has 1 heterocycles. The van der Waals surface area contributed by atoms with Crippen molar-refractivity contribution in [3.63, 3.8) is 0 Å². The van der Waals surface area contributed by atoms with Gasteiger partial charge in [-0.1, -0.05) is 32.4 Å². The second-order valence-electron chi connectivity index (χ2n) is 25.0. The second kappa shape index (κ2) is 47.4. The van der Waals surface area contributed by atoms with E-state index in [4.69, 9.17) is 5.11 Å². The summed E-state index contributed by atoms with van der Waals surface area (Å²) in [6.45, 7) is 8.90. The molecule has 0 aliphatic carbocycles. The predicted octanol–water partition coefficient (Wildman–Crippen LogP) is -9.11. The lowest BCUT2D eigenvalue weighted by Gasteiger charge is -2.28. The van der Waals surface area contributed by atoms with Crippen LogP contribution < -0.4 is 90.4 Å². The van der Waals surface area contributed by atoms with Crippen molar-refractivity contribution in [3.8, 4) is 5.75 Å². The zero-order valence-corrected chi connectivity index (χ0v) is 63.5. The number of aliphatic carboxylic acids is 2. The highest BCUT2D eigenvalue weighted by molar-refractivity contribution is 7.80. The van der Waals surface area contributed by atoms with E-state index in [1.807, 2.05) is 0 Å². The van der Waals surface area contributed by atoms with Gasteiger partial charge in [-0.05, 0) is 91.0 Å². The van der Waals surface area contributed by atoms with Crippen LogP contribution in [0.1, 0.15) is 93.1 Å². The number of phenols is 1. The van der Waals surface area contributed by atoms with Crippen LogP contribution in [0.4, 0.5) is 0 Å². The van der Waals surface area contributed by atoms with E-state index < -0.39 is 247 Å². The minimum atomic E-state index is -1.69. The van der Waals surface area contributed by atoms with Gasteiger partial charge in [-0.15, -0.1) is 0 Å². The molecule has 44 heteroatoms. The van der Waals surface area contributed by atoms with Gasteiger partial charge in [-0.2, -0.15) is 50.5 Å². The molecule has 1 fully saturated rings. The number of hydrogen-bond acceptors (Lipinski definition) is 26. The number of carboxylic acid groups (broad SMARTS) is 2. The molecule has 2 rings (SSSR count). The first kappa shape index (κ1) is 93.8. The number of carboxylic acids is 2. The molecule has 0 aromatic heterocycles. The van der Waals surface area contributed by atoms with E-state index in [0.29, 0.717) is 18.5 Å². The highest BCUT2D eigenvalue weighted by atomic mass is 32.1. The van der Waals surface area contributed by atoms with Crippen LogP contribution in [-0.2, 0) is 92.7 Å². The molecule has 40 nitrogen and oxygen atoms in total. The van der Waals surface area contributed by atoms with E-state index in [0.717, 1.165) is 13.3 Å². The third-order valence-electron chi connectivity index (χ3n) is 16.2. The predicted molar refractivity (Wildman–Crippen MR) is 392 cm³/mol. The van der Waals surface area contributed by atoms with Crippen molar-refractivity contribution in [1.82, 2.24) is 90.4 Å². The lowest BCUT2D eigenvalue weighted by molar-refractivity contribution is -0.141. The Bertz CT molecular complexity index is 3320. The van der Waals surface area contributed by atoms with Crippen molar-refractivity contribution in [3.05, 3.63) is 29.8 Å². The van der Waals surface area contributed by atoms with Crippen LogP contribution >= 0.6 is 50.5 Å². The fraction of sp³-hybridized carbons (Fsp3) is 0.619. The first-order valence-electron chi connectivity index (χ1n) is 33.7. The number of aliphatic hydroxyl groups excluding tert-OH is 2. The van der Waals surface area contributed by atoms with E-state index in [1.165, 1.54) is 58.9 Å². The summed E-state index contributed by atoms with van der Waals surface area (Å²) in [5.41, 5.74) is 0.387. The standard InChI is InChI=1S/C63H99N17O23S4/c1-9-27(2)47(79-55(94)37(16-17-46(87)88)74-58(97)40(24-105)77-62(101)49(33(8)82)78-45(86)22-65-54(93)36-11-10-18-64-36)60(99)66-20-43(84)72-39(23-104)57(96)71-31(6)52(91)75-38(19-34-12-14-35(83)15-13-34)56(95)70-29(4)51(90)68-28(3)50(89)69-30(5)53(92)76-41(25-106)59(98)80-48(32(7)81)61(100)67-21-44(85)73-42(26-107)63(102)103/h12-15,27-33,36-42,47-49,64,81-83,104-107H,9-11,16-26H2,1-8H3,(H,65,93)(H,66,99)(H,67,100)(H,68,90)(H,69,89)(H,70,95)(H,71,96)(H,72,84)(H,73,85)(H,74,97)(H,75,91)(H,76,92)(H,77,101)(H,78,86)(H,79,94)(H,80,98)(H,87,88)(H,102,103)/t27-,28-,29-,30-,31-,32+,33+,36-,37-,38-,39-,40-,41-,42-,47-,48-,49-/m0/s1. The van der Waals surface area contributed by atoms with Crippen molar-refractivity contribution in [1.29, 1.82) is 0 Å². The van der Waals surface area contributed by atoms with Gasteiger partial charge in [0.25, 0.3) is 0 Å². The average Bonchev–Trinajstić information content (AvgIpc) is 1.80. The Balaban J connectivity index is 2.10. The number of benzene rings is 1. The third-order valence-corrected chi connectivity index (χ3v) is 17.6. The summed E-state index contributed by atoms with van der Waals surface area (Å²) in [6, 6.07) is -14.6. The molecule has 1 aliphatic heterocycles. The van der Waals surface area contributed by atoms with Crippen molar-refractivity contribution in [2.75, 3.05) is 49.2 Å². The van der Waals surface area contributed by atoms with Crippen molar-refractivity contribution in [2.45, 2.75) is 191 Å². The Hall–Kier alpha value is -9.24. The Kier molecular flexibility index (Phi) is 41.6. The topological polar surface area (TPSA) is 613 Å². The number of nitrogens with one attached hydrogen (secondary N) is 17. The highest BCUT2D eigenvalue weighted by Crippen LogP contribution is 2.14. The molecule has 1 aromatic rings. The van der Waals surface area contributed by atoms with Gasteiger partial charge in [0.1, 0.15) is 84.3 Å². The fourth-order valence-electron chi connectivity index (χ4n) is 9.56. The summed E-state index contributed by atoms with van der Waals surface area (Å²) in [7, 11) is 0. The first-order chi connectivity index (χ1) is 50.2. The molecular formula is C63H99N17O23S4. The summed E-state index contributed by atoms with van der Waals surface area (Å²) in [5.74, 6) is -20.2. The summed E-state index contributed by atoms with van der Waals surface area (Å²) in [5, 5.41) is 89.5. The molecule has 0 unspecified atom stereocenters. The SMILES string of the molecule is CC[C@H](C)[C@H](NC(=O)[C@H](CCC(=O)O)NC(=O)[C@H](CS)NC(=O)[C@@H](NC(=O)CNC(=O)[C@@H]1CCCN1)[C@@H](C)O)C(=O)NCC(=O)N[C@@H](CS)C(=O)N[C@@H](C)C(=O)N[C@@H](Cc1ccc(O)cc1)C(=O)N[C@@H](C)C(=O)N[C@@H](C)C(=O)N[C@@H](C)C(=O)N[C@@H](CS)C(=O)N[C@H](C(=O)NCC(=O)N[C@@H](CS)C(=O)O)[C@@H](C)O. The number of aromatic hydroxyl groups is 1. The van der Waals surface area contributed by atoms with Crippen molar-refractivity contribution < 1.29 is 112 Å². The monoisotopic (exact) mass is 1590 g/mol. The molecule has 0 spiro atoms. The minimum absolute atomic E-state index is 0.144. The molecule has 17 atom stereocenters. The van der Waals surface area contributed by atoms with E-state index >= 15 is 0 Å². The summed E-state index contributed by atoms with van der Waals surface area (Å²) in [4.78, 5) is 235. The van der Waals surface area contributed by atoms with E-state index in [9.17, 15) is 107 Å². The maximum atomic E-state index is 13.9. The summed E-state index contributed by atoms with van der Waals surface area (Å²) < 4.78 is 0. The van der Waals surface area contributed by atoms with Crippen LogP contribution in [0.3, 0.4) is 0 Å². The van der Waals surface area contributed by atoms with Crippen LogP contribution in [0.5, 0.6) is 5.75 Å². The quantitative estimate of drug-likeness (QED) is 0.0270. The molecule has 1 aliphatic rings. The second-order valence-corrected chi connectivity index (χ2v) is 26.4. The van der Waals surface area contributed by atoms with Gasteiger partial charge >= 0.3 is 11.9 Å². The van der Waals surface area contributed by atoms with Gasteiger partial charge in [-0.25, -0.2) is 4.79 Å². The molecule has 598 valence electrons. The Labute approximate surface area is 637 Å². The number of phenolic OH excluding ortho intramolecular Hbond substituents is 1. The van der Waals surface area contributed by atoms with Gasteiger partial charge in [0.15, 0.2) is 0 Å². The molecule has 1 aromatic carbocycles. The van der Waals surface area contributed by atoms with E-state index in [2.05, 4.69) is 141 Å². The van der Waals surface area contributed by atoms with Gasteiger partial charge < -0.3 is 116 Å². The van der Waals surface area contributed by atoms with Gasteiger partial charge in [0, 0.05) is 35.9 Å². The Morgan fingerprint density at radius 2 is 0.794 bits per heavy atom. The van der Waals surface area contributed by atoms with Crippen LogP contribution in [0, 0.1) is 5.92 Å². The maximum Gasteiger partial charge on any atom is 0.327 e. The molecule has 0 bridgehead atoms. The van der Waals surface area contributed by atoms with E-state index in [1.54, 1.807) is 13.8 Å². The van der Waals surface area contributed by atoms with Crippen LogP contribution in [-0.4, -0.2) is 278 Å². The number of aliphatic hydroxyl groups is 2. The van der Waals surface area contributed by atoms with Crippen LogP contribution in [0.25, 0.3) is 0 Å². The smallest absolute Gasteiger partial charge is 0.327 e. The van der Waals surface area contributed by atoms with Gasteiger partial charge in [0.05, 0.1) is 37.9 Å². The molecule has 0 radical (unpaired) electrons. The zero-order valence-electron chi connectivity index (χ0n) is 59.9. The number of carbonyl (C=O) groups is 18. The van der Waals surface area contributed by atoms with Crippen LogP contribution in [0.2, 0.25) is 0 Å². The lowest BCUT2D eigenvalue weighted by Crippen LogP contribution is -2.61. The van der Waals surface area contributed by atoms with Gasteiger partial charge in [-0.3, -0.25) is 81.5 Å². The normalized spacial score (nSPS) is 16.9. The zero-order chi connectivity index (χ0) is 81.1. The van der Waals surface area contributed by atoms with Crippen molar-refractivity contribution in [2.24, 2.45) is 5.92 Å².